The van der Waals surface area contributed by atoms with E-state index in [1.54, 1.807) is 12.1 Å². The predicted molar refractivity (Wildman–Crippen MR) is 86.5 cm³/mol. The molecule has 1 aliphatic heterocycles. The van der Waals surface area contributed by atoms with E-state index in [0.29, 0.717) is 6.54 Å². The molecule has 4 nitrogen and oxygen atoms in total. The van der Waals surface area contributed by atoms with Crippen LogP contribution in [0.25, 0.3) is 5.57 Å². The molecule has 0 radical (unpaired) electrons. The van der Waals surface area contributed by atoms with Crippen LogP contribution < -0.4 is 4.90 Å². The SMILES string of the molecule is O=[N+]([O-])c1ccccc1C[NH+]1CC=C(c2ccccc2)CC1. The third kappa shape index (κ3) is 3.23. The van der Waals surface area contributed by atoms with Crippen LogP contribution in [0.2, 0.25) is 0 Å². The monoisotopic (exact) mass is 295 g/mol. The Morgan fingerprint density at radius 1 is 1.05 bits per heavy atom. The molecule has 1 atom stereocenters. The molecule has 0 aliphatic carbocycles. The second-order valence-electron chi connectivity index (χ2n) is 5.61. The normalized spacial score (nSPS) is 17.8. The van der Waals surface area contributed by atoms with Gasteiger partial charge in [-0.1, -0.05) is 42.5 Å². The van der Waals surface area contributed by atoms with E-state index in [1.807, 2.05) is 18.2 Å². The van der Waals surface area contributed by atoms with Crippen molar-refractivity contribution in [3.63, 3.8) is 0 Å². The Morgan fingerprint density at radius 3 is 2.45 bits per heavy atom. The smallest absolute Gasteiger partial charge is 0.278 e. The maximum absolute atomic E-state index is 11.1. The summed E-state index contributed by atoms with van der Waals surface area (Å²) in [5.41, 5.74) is 3.71. The van der Waals surface area contributed by atoms with Crippen molar-refractivity contribution in [3.8, 4) is 0 Å². The van der Waals surface area contributed by atoms with Gasteiger partial charge in [0.2, 0.25) is 0 Å². The maximum Gasteiger partial charge on any atom is 0.278 e. The molecule has 0 saturated heterocycles. The zero-order valence-corrected chi connectivity index (χ0v) is 12.4. The van der Waals surface area contributed by atoms with Crippen molar-refractivity contribution < 1.29 is 9.82 Å². The molecular formula is C18H19N2O2+. The molecule has 1 aliphatic rings. The Hall–Kier alpha value is -2.46. The zero-order chi connectivity index (χ0) is 15.4. The van der Waals surface area contributed by atoms with Crippen LogP contribution in [-0.2, 0) is 6.54 Å². The van der Waals surface area contributed by atoms with Gasteiger partial charge in [-0.2, -0.15) is 0 Å². The van der Waals surface area contributed by atoms with Gasteiger partial charge in [0.15, 0.2) is 0 Å². The minimum atomic E-state index is -0.288. The summed E-state index contributed by atoms with van der Waals surface area (Å²) in [6.45, 7) is 2.62. The summed E-state index contributed by atoms with van der Waals surface area (Å²) in [5.74, 6) is 0. The highest BCUT2D eigenvalue weighted by molar-refractivity contribution is 5.65. The topological polar surface area (TPSA) is 47.6 Å². The van der Waals surface area contributed by atoms with E-state index >= 15 is 0 Å². The van der Waals surface area contributed by atoms with Gasteiger partial charge in [0.1, 0.15) is 6.54 Å². The van der Waals surface area contributed by atoms with E-state index in [4.69, 9.17) is 0 Å². The molecule has 1 heterocycles. The van der Waals surface area contributed by atoms with Crippen molar-refractivity contribution in [2.24, 2.45) is 0 Å². The van der Waals surface area contributed by atoms with E-state index in [1.165, 1.54) is 16.0 Å². The predicted octanol–water partition coefficient (Wildman–Crippen LogP) is 2.47. The van der Waals surface area contributed by atoms with Crippen LogP contribution in [0.4, 0.5) is 5.69 Å². The van der Waals surface area contributed by atoms with Crippen molar-refractivity contribution in [2.45, 2.75) is 13.0 Å². The molecule has 2 aromatic carbocycles. The third-order valence-electron chi connectivity index (χ3n) is 4.16. The van der Waals surface area contributed by atoms with E-state index in [2.05, 4.69) is 30.3 Å². The Balaban J connectivity index is 1.70. The van der Waals surface area contributed by atoms with Crippen molar-refractivity contribution in [3.05, 3.63) is 81.9 Å². The maximum atomic E-state index is 11.1. The van der Waals surface area contributed by atoms with Gasteiger partial charge >= 0.3 is 0 Å². The number of hydrogen-bond donors (Lipinski definition) is 1. The molecular weight excluding hydrogens is 276 g/mol. The molecule has 0 bridgehead atoms. The molecule has 0 amide bonds. The van der Waals surface area contributed by atoms with E-state index < -0.39 is 0 Å². The van der Waals surface area contributed by atoms with Crippen LogP contribution in [0.3, 0.4) is 0 Å². The van der Waals surface area contributed by atoms with Gasteiger partial charge in [0.25, 0.3) is 5.69 Å². The molecule has 2 aromatic rings. The van der Waals surface area contributed by atoms with Crippen LogP contribution in [0, 0.1) is 10.1 Å². The molecule has 4 heteroatoms. The van der Waals surface area contributed by atoms with Gasteiger partial charge in [0.05, 0.1) is 23.6 Å². The number of nitro benzene ring substituents is 1. The second-order valence-corrected chi connectivity index (χ2v) is 5.61. The van der Waals surface area contributed by atoms with Crippen LogP contribution >= 0.6 is 0 Å². The van der Waals surface area contributed by atoms with Gasteiger partial charge in [-0.15, -0.1) is 0 Å². The summed E-state index contributed by atoms with van der Waals surface area (Å²) < 4.78 is 0. The van der Waals surface area contributed by atoms with Crippen LogP contribution in [0.15, 0.2) is 60.7 Å². The Morgan fingerprint density at radius 2 is 1.77 bits per heavy atom. The van der Waals surface area contributed by atoms with Crippen LogP contribution in [0.5, 0.6) is 0 Å². The van der Waals surface area contributed by atoms with Gasteiger partial charge in [0, 0.05) is 12.5 Å². The van der Waals surface area contributed by atoms with Gasteiger partial charge in [-0.3, -0.25) is 10.1 Å². The van der Waals surface area contributed by atoms with E-state index in [9.17, 15) is 10.1 Å². The summed E-state index contributed by atoms with van der Waals surface area (Å²) in [6.07, 6.45) is 3.28. The summed E-state index contributed by atoms with van der Waals surface area (Å²) in [7, 11) is 0. The fourth-order valence-electron chi connectivity index (χ4n) is 2.97. The molecule has 1 unspecified atom stereocenters. The summed E-state index contributed by atoms with van der Waals surface area (Å²) in [6, 6.07) is 17.5. The Bertz CT molecular complexity index is 695. The molecule has 22 heavy (non-hydrogen) atoms. The van der Waals surface area contributed by atoms with Crippen molar-refractivity contribution >= 4 is 11.3 Å². The number of nitrogens with one attached hydrogen (secondary N) is 1. The lowest BCUT2D eigenvalue weighted by Crippen LogP contribution is -3.11. The summed E-state index contributed by atoms with van der Waals surface area (Å²) in [5, 5.41) is 11.1. The number of hydrogen-bond acceptors (Lipinski definition) is 2. The molecule has 112 valence electrons. The molecule has 1 N–H and O–H groups in total. The van der Waals surface area contributed by atoms with Gasteiger partial charge < -0.3 is 4.90 Å². The number of nitrogens with zero attached hydrogens (tertiary/aromatic N) is 1. The first-order chi connectivity index (χ1) is 10.7. The largest absolute Gasteiger partial charge is 0.327 e. The van der Waals surface area contributed by atoms with Crippen LogP contribution in [0.1, 0.15) is 17.5 Å². The molecule has 0 spiro atoms. The second kappa shape index (κ2) is 6.54. The lowest BCUT2D eigenvalue weighted by molar-refractivity contribution is -0.909. The first kappa shape index (κ1) is 14.5. The van der Waals surface area contributed by atoms with Crippen molar-refractivity contribution in [1.82, 2.24) is 0 Å². The number of para-hydroxylation sites is 1. The van der Waals surface area contributed by atoms with E-state index in [-0.39, 0.29) is 10.6 Å². The highest BCUT2D eigenvalue weighted by Crippen LogP contribution is 2.19. The first-order valence-electron chi connectivity index (χ1n) is 7.54. The van der Waals surface area contributed by atoms with Crippen molar-refractivity contribution in [2.75, 3.05) is 13.1 Å². The fourth-order valence-corrected chi connectivity index (χ4v) is 2.97. The average Bonchev–Trinajstić information content (AvgIpc) is 2.57. The van der Waals surface area contributed by atoms with Crippen molar-refractivity contribution in [1.29, 1.82) is 0 Å². The fraction of sp³-hybridized carbons (Fsp3) is 0.222. The van der Waals surface area contributed by atoms with E-state index in [0.717, 1.165) is 25.1 Å². The number of benzene rings is 2. The molecule has 0 saturated carbocycles. The summed E-state index contributed by atoms with van der Waals surface area (Å²) in [4.78, 5) is 12.2. The minimum absolute atomic E-state index is 0.229. The van der Waals surface area contributed by atoms with Gasteiger partial charge in [-0.25, -0.2) is 0 Å². The molecule has 3 rings (SSSR count). The minimum Gasteiger partial charge on any atom is -0.327 e. The average molecular weight is 295 g/mol. The number of nitro groups is 1. The Kier molecular flexibility index (Phi) is 4.30. The quantitative estimate of drug-likeness (QED) is 0.696. The highest BCUT2D eigenvalue weighted by atomic mass is 16.6. The third-order valence-corrected chi connectivity index (χ3v) is 4.16. The lowest BCUT2D eigenvalue weighted by Gasteiger charge is -2.23. The van der Waals surface area contributed by atoms with Crippen LogP contribution in [-0.4, -0.2) is 18.0 Å². The zero-order valence-electron chi connectivity index (χ0n) is 12.4. The number of rotatable bonds is 4. The Labute approximate surface area is 129 Å². The lowest BCUT2D eigenvalue weighted by atomic mass is 9.99. The number of quaternary nitrogens is 1. The standard InChI is InChI=1S/C18H18N2O2/c21-20(22)18-9-5-4-8-17(18)14-19-12-10-16(11-13-19)15-6-2-1-3-7-15/h1-10H,11-14H2/p+1. The van der Waals surface area contributed by atoms with Gasteiger partial charge in [-0.05, 0) is 23.3 Å². The summed E-state index contributed by atoms with van der Waals surface area (Å²) >= 11 is 0. The highest BCUT2D eigenvalue weighted by Gasteiger charge is 2.20. The first-order valence-corrected chi connectivity index (χ1v) is 7.54. The molecule has 0 fully saturated rings. The molecule has 0 aromatic heterocycles.